The van der Waals surface area contributed by atoms with Crippen LogP contribution in [0.15, 0.2) is 27.6 Å². The van der Waals surface area contributed by atoms with Crippen molar-refractivity contribution in [3.8, 4) is 0 Å². The third-order valence-corrected chi connectivity index (χ3v) is 4.66. The number of aromatic nitrogens is 2. The molecule has 0 bridgehead atoms. The number of nitrogens with two attached hydrogens (primary N) is 1. The van der Waals surface area contributed by atoms with Crippen molar-refractivity contribution in [2.24, 2.45) is 5.14 Å². The van der Waals surface area contributed by atoms with Gasteiger partial charge in [-0.15, -0.1) is 0 Å². The molecule has 3 rings (SSSR count). The number of hydrogen-bond acceptors (Lipinski definition) is 6. The summed E-state index contributed by atoms with van der Waals surface area (Å²) in [5.41, 5.74) is 1.82. The Bertz CT molecular complexity index is 859. The Hall–Kier alpha value is -2.26. The van der Waals surface area contributed by atoms with E-state index in [1.165, 1.54) is 12.1 Å². The molecule has 23 heavy (non-hydrogen) atoms. The van der Waals surface area contributed by atoms with Crippen LogP contribution in [0.4, 0.5) is 0 Å². The van der Waals surface area contributed by atoms with E-state index in [0.717, 1.165) is 11.1 Å². The van der Waals surface area contributed by atoms with Gasteiger partial charge in [0.25, 0.3) is 0 Å². The summed E-state index contributed by atoms with van der Waals surface area (Å²) in [5, 5.41) is 8.87. The molecule has 0 saturated heterocycles. The van der Waals surface area contributed by atoms with E-state index in [1.54, 1.807) is 17.9 Å². The lowest BCUT2D eigenvalue weighted by molar-refractivity contribution is -0.131. The molecule has 0 spiro atoms. The first-order chi connectivity index (χ1) is 10.8. The molecule has 0 saturated carbocycles. The lowest BCUT2D eigenvalue weighted by atomic mass is 9.99. The number of primary sulfonamides is 1. The smallest absolute Gasteiger partial charge is 0.238 e. The van der Waals surface area contributed by atoms with Gasteiger partial charge in [0.1, 0.15) is 0 Å². The van der Waals surface area contributed by atoms with Crippen LogP contribution in [0.3, 0.4) is 0 Å². The van der Waals surface area contributed by atoms with E-state index in [4.69, 9.17) is 9.66 Å². The maximum atomic E-state index is 12.3. The van der Waals surface area contributed by atoms with E-state index in [1.807, 2.05) is 0 Å². The molecule has 0 unspecified atom stereocenters. The fourth-order valence-corrected chi connectivity index (χ4v) is 3.15. The SMILES string of the molecule is Cc1nc(CC(=O)N2CCc3ccc(S(N)(=O)=O)cc3C2)no1. The minimum Gasteiger partial charge on any atom is -0.340 e. The topological polar surface area (TPSA) is 119 Å². The highest BCUT2D eigenvalue weighted by Gasteiger charge is 2.23. The van der Waals surface area contributed by atoms with Crippen molar-refractivity contribution in [3.63, 3.8) is 0 Å². The zero-order valence-corrected chi connectivity index (χ0v) is 13.3. The Kier molecular flexibility index (Phi) is 3.90. The summed E-state index contributed by atoms with van der Waals surface area (Å²) in [6.07, 6.45) is 0.721. The number of fused-ring (bicyclic) bond motifs is 1. The molecule has 1 aliphatic rings. The van der Waals surface area contributed by atoms with E-state index in [0.29, 0.717) is 31.2 Å². The number of amides is 1. The van der Waals surface area contributed by atoms with Crippen molar-refractivity contribution >= 4 is 15.9 Å². The lowest BCUT2D eigenvalue weighted by Crippen LogP contribution is -2.37. The van der Waals surface area contributed by atoms with Crippen molar-refractivity contribution < 1.29 is 17.7 Å². The Labute approximate surface area is 133 Å². The van der Waals surface area contributed by atoms with E-state index in [-0.39, 0.29) is 17.2 Å². The molecule has 2 N–H and O–H groups in total. The first-order valence-electron chi connectivity index (χ1n) is 7.04. The molecule has 1 aliphatic heterocycles. The van der Waals surface area contributed by atoms with E-state index in [2.05, 4.69) is 10.1 Å². The molecule has 1 aromatic carbocycles. The molecule has 9 heteroatoms. The molecule has 1 aromatic heterocycles. The molecule has 122 valence electrons. The van der Waals surface area contributed by atoms with Gasteiger partial charge in [-0.2, -0.15) is 4.98 Å². The number of benzene rings is 1. The normalized spacial score (nSPS) is 14.6. The second kappa shape index (κ2) is 5.74. The number of carbonyl (C=O) groups is 1. The number of aryl methyl sites for hydroxylation is 1. The van der Waals surface area contributed by atoms with Crippen LogP contribution in [0.25, 0.3) is 0 Å². The highest BCUT2D eigenvalue weighted by molar-refractivity contribution is 7.89. The average molecular weight is 336 g/mol. The third kappa shape index (κ3) is 3.40. The van der Waals surface area contributed by atoms with Crippen LogP contribution in [0.2, 0.25) is 0 Å². The van der Waals surface area contributed by atoms with Gasteiger partial charge in [-0.3, -0.25) is 4.79 Å². The molecule has 2 heterocycles. The lowest BCUT2D eigenvalue weighted by Gasteiger charge is -2.29. The summed E-state index contributed by atoms with van der Waals surface area (Å²) in [5.74, 6) is 0.628. The van der Waals surface area contributed by atoms with Gasteiger partial charge in [0.05, 0.1) is 11.3 Å². The predicted molar refractivity (Wildman–Crippen MR) is 79.7 cm³/mol. The molecule has 1 amide bonds. The number of sulfonamides is 1. The molecule has 8 nitrogen and oxygen atoms in total. The average Bonchev–Trinajstić information content (AvgIpc) is 2.90. The fourth-order valence-electron chi connectivity index (χ4n) is 2.58. The molecule has 2 aromatic rings. The summed E-state index contributed by atoms with van der Waals surface area (Å²) in [6.45, 7) is 2.57. The maximum absolute atomic E-state index is 12.3. The van der Waals surface area contributed by atoms with E-state index < -0.39 is 10.0 Å². The summed E-state index contributed by atoms with van der Waals surface area (Å²) in [6, 6.07) is 4.77. The van der Waals surface area contributed by atoms with Crippen LogP contribution >= 0.6 is 0 Å². The summed E-state index contributed by atoms with van der Waals surface area (Å²) >= 11 is 0. The summed E-state index contributed by atoms with van der Waals surface area (Å²) < 4.78 is 27.7. The van der Waals surface area contributed by atoms with Gasteiger partial charge < -0.3 is 9.42 Å². The fraction of sp³-hybridized carbons (Fsp3) is 0.357. The van der Waals surface area contributed by atoms with Crippen LogP contribution in [0.1, 0.15) is 22.8 Å². The van der Waals surface area contributed by atoms with Gasteiger partial charge in [0, 0.05) is 20.0 Å². The van der Waals surface area contributed by atoms with Gasteiger partial charge in [-0.25, -0.2) is 13.6 Å². The second-order valence-corrected chi connectivity index (χ2v) is 7.01. The largest absolute Gasteiger partial charge is 0.340 e. The Morgan fingerprint density at radius 1 is 1.39 bits per heavy atom. The zero-order chi connectivity index (χ0) is 16.6. The molecule has 0 atom stereocenters. The first-order valence-corrected chi connectivity index (χ1v) is 8.59. The Morgan fingerprint density at radius 3 is 2.83 bits per heavy atom. The quantitative estimate of drug-likeness (QED) is 0.852. The first kappa shape index (κ1) is 15.6. The van der Waals surface area contributed by atoms with Crippen molar-refractivity contribution in [1.82, 2.24) is 15.0 Å². The third-order valence-electron chi connectivity index (χ3n) is 3.75. The van der Waals surface area contributed by atoms with Gasteiger partial charge >= 0.3 is 0 Å². The van der Waals surface area contributed by atoms with Crippen molar-refractivity contribution in [1.29, 1.82) is 0 Å². The van der Waals surface area contributed by atoms with Crippen LogP contribution < -0.4 is 5.14 Å². The van der Waals surface area contributed by atoms with E-state index in [9.17, 15) is 13.2 Å². The second-order valence-electron chi connectivity index (χ2n) is 5.45. The minimum absolute atomic E-state index is 0.0549. The van der Waals surface area contributed by atoms with Crippen LogP contribution in [0.5, 0.6) is 0 Å². The standard InChI is InChI=1S/C14H16N4O4S/c1-9-16-13(17-22-9)7-14(19)18-5-4-10-2-3-12(23(15,20)21)6-11(10)8-18/h2-3,6H,4-5,7-8H2,1H3,(H2,15,20,21). The highest BCUT2D eigenvalue weighted by Crippen LogP contribution is 2.22. The number of carbonyl (C=O) groups excluding carboxylic acids is 1. The van der Waals surface area contributed by atoms with Crippen molar-refractivity contribution in [3.05, 3.63) is 41.0 Å². The Morgan fingerprint density at radius 2 is 2.17 bits per heavy atom. The molecule has 0 radical (unpaired) electrons. The number of hydrogen-bond donors (Lipinski definition) is 1. The molecule has 0 aliphatic carbocycles. The Balaban J connectivity index is 1.77. The van der Waals surface area contributed by atoms with Crippen LogP contribution in [0, 0.1) is 6.92 Å². The summed E-state index contributed by atoms with van der Waals surface area (Å²) in [7, 11) is -3.76. The zero-order valence-electron chi connectivity index (χ0n) is 12.5. The molecule has 0 fully saturated rings. The van der Waals surface area contributed by atoms with Gasteiger partial charge in [-0.1, -0.05) is 11.2 Å². The molecular weight excluding hydrogens is 320 g/mol. The van der Waals surface area contributed by atoms with Gasteiger partial charge in [-0.05, 0) is 29.7 Å². The van der Waals surface area contributed by atoms with Crippen molar-refractivity contribution in [2.45, 2.75) is 31.2 Å². The minimum atomic E-state index is -3.76. The van der Waals surface area contributed by atoms with E-state index >= 15 is 0 Å². The number of rotatable bonds is 3. The summed E-state index contributed by atoms with van der Waals surface area (Å²) in [4.78, 5) is 18.1. The predicted octanol–water partition coefficient (Wildman–Crippen LogP) is 0.153. The highest BCUT2D eigenvalue weighted by atomic mass is 32.2. The van der Waals surface area contributed by atoms with Crippen LogP contribution in [-0.4, -0.2) is 35.9 Å². The maximum Gasteiger partial charge on any atom is 0.238 e. The van der Waals surface area contributed by atoms with Crippen molar-refractivity contribution in [2.75, 3.05) is 6.54 Å². The van der Waals surface area contributed by atoms with Crippen LogP contribution in [-0.2, 0) is 34.2 Å². The monoisotopic (exact) mass is 336 g/mol. The molecular formula is C14H16N4O4S. The van der Waals surface area contributed by atoms with Gasteiger partial charge in [0.2, 0.25) is 21.8 Å². The number of nitrogens with zero attached hydrogens (tertiary/aromatic N) is 3. The van der Waals surface area contributed by atoms with Gasteiger partial charge in [0.15, 0.2) is 5.82 Å².